The summed E-state index contributed by atoms with van der Waals surface area (Å²) < 4.78 is 1.96. The predicted molar refractivity (Wildman–Crippen MR) is 76.8 cm³/mol. The van der Waals surface area contributed by atoms with E-state index in [-0.39, 0.29) is 0 Å². The highest BCUT2D eigenvalue weighted by molar-refractivity contribution is 5.63. The van der Waals surface area contributed by atoms with Gasteiger partial charge in [0, 0.05) is 25.5 Å². The average Bonchev–Trinajstić information content (AvgIpc) is 2.80. The van der Waals surface area contributed by atoms with Gasteiger partial charge in [0.25, 0.3) is 0 Å². The average molecular weight is 275 g/mol. The molecule has 3 rings (SSSR count). The minimum absolute atomic E-state index is 0.345. The molecule has 0 spiro atoms. The molecule has 0 unspecified atom stereocenters. The predicted octanol–water partition coefficient (Wildman–Crippen LogP) is 1.42. The van der Waals surface area contributed by atoms with E-state index in [4.69, 9.17) is 0 Å². The van der Waals surface area contributed by atoms with Gasteiger partial charge in [0.1, 0.15) is 5.82 Å². The van der Waals surface area contributed by atoms with Crippen molar-refractivity contribution in [1.29, 1.82) is 0 Å². The summed E-state index contributed by atoms with van der Waals surface area (Å²) in [6.07, 6.45) is 5.62. The van der Waals surface area contributed by atoms with Crippen molar-refractivity contribution in [3.63, 3.8) is 0 Å². The lowest BCUT2D eigenvalue weighted by Gasteiger charge is -2.38. The van der Waals surface area contributed by atoms with Gasteiger partial charge < -0.3 is 10.0 Å². The Morgan fingerprint density at radius 2 is 1.95 bits per heavy atom. The molecule has 20 heavy (non-hydrogen) atoms. The Balaban J connectivity index is 1.84. The van der Waals surface area contributed by atoms with Crippen LogP contribution in [0.2, 0.25) is 0 Å². The summed E-state index contributed by atoms with van der Waals surface area (Å²) >= 11 is 0. The first kappa shape index (κ1) is 13.3. The van der Waals surface area contributed by atoms with Crippen molar-refractivity contribution in [1.82, 2.24) is 19.6 Å². The standard InChI is InChI=1S/C14H21N5O/c1-10-16-17-13-12(15-6-9-19(10)13)18-7-4-11(5-8-18)14(2,3)20/h6,9,11,20H,4-5,7-8H2,1-3H3. The van der Waals surface area contributed by atoms with Crippen LogP contribution in [0, 0.1) is 12.8 Å². The van der Waals surface area contributed by atoms with Gasteiger partial charge in [-0.1, -0.05) is 0 Å². The fourth-order valence-corrected chi connectivity index (χ4v) is 2.95. The lowest BCUT2D eigenvalue weighted by Crippen LogP contribution is -2.42. The number of piperidine rings is 1. The number of anilines is 1. The minimum Gasteiger partial charge on any atom is -0.390 e. The fourth-order valence-electron chi connectivity index (χ4n) is 2.95. The third-order valence-corrected chi connectivity index (χ3v) is 4.27. The molecule has 2 aromatic rings. The molecule has 1 N–H and O–H groups in total. The van der Waals surface area contributed by atoms with Gasteiger partial charge in [-0.3, -0.25) is 4.40 Å². The summed E-state index contributed by atoms with van der Waals surface area (Å²) in [5.41, 5.74) is 0.212. The third-order valence-electron chi connectivity index (χ3n) is 4.27. The molecule has 3 heterocycles. The molecular formula is C14H21N5O. The maximum Gasteiger partial charge on any atom is 0.203 e. The minimum atomic E-state index is -0.600. The highest BCUT2D eigenvalue weighted by Gasteiger charge is 2.31. The highest BCUT2D eigenvalue weighted by atomic mass is 16.3. The summed E-state index contributed by atoms with van der Waals surface area (Å²) in [5.74, 6) is 2.11. The van der Waals surface area contributed by atoms with Crippen molar-refractivity contribution in [3.8, 4) is 0 Å². The van der Waals surface area contributed by atoms with Gasteiger partial charge in [-0.2, -0.15) is 0 Å². The monoisotopic (exact) mass is 275 g/mol. The lowest BCUT2D eigenvalue weighted by atomic mass is 9.83. The van der Waals surface area contributed by atoms with E-state index in [1.165, 1.54) is 0 Å². The van der Waals surface area contributed by atoms with Crippen molar-refractivity contribution < 1.29 is 5.11 Å². The van der Waals surface area contributed by atoms with Crippen LogP contribution >= 0.6 is 0 Å². The van der Waals surface area contributed by atoms with Gasteiger partial charge in [0.05, 0.1) is 5.60 Å². The molecule has 6 nitrogen and oxygen atoms in total. The molecule has 1 aliphatic rings. The topological polar surface area (TPSA) is 66.5 Å². The number of rotatable bonds is 2. The van der Waals surface area contributed by atoms with Crippen molar-refractivity contribution in [2.75, 3.05) is 18.0 Å². The van der Waals surface area contributed by atoms with Crippen LogP contribution in [0.25, 0.3) is 5.65 Å². The number of fused-ring (bicyclic) bond motifs is 1. The van der Waals surface area contributed by atoms with Crippen LogP contribution in [-0.2, 0) is 0 Å². The maximum absolute atomic E-state index is 10.1. The van der Waals surface area contributed by atoms with Gasteiger partial charge in [0.2, 0.25) is 5.65 Å². The van der Waals surface area contributed by atoms with Gasteiger partial charge in [0.15, 0.2) is 5.82 Å². The molecule has 1 saturated heterocycles. The molecule has 0 aliphatic carbocycles. The molecule has 0 amide bonds. The summed E-state index contributed by atoms with van der Waals surface area (Å²) in [4.78, 5) is 6.71. The smallest absolute Gasteiger partial charge is 0.203 e. The Hall–Kier alpha value is -1.69. The van der Waals surface area contributed by atoms with E-state index in [1.807, 2.05) is 31.4 Å². The molecule has 1 aliphatic heterocycles. The van der Waals surface area contributed by atoms with Crippen LogP contribution in [-0.4, -0.2) is 43.4 Å². The first-order valence-corrected chi connectivity index (χ1v) is 7.10. The van der Waals surface area contributed by atoms with E-state index < -0.39 is 5.60 Å². The van der Waals surface area contributed by atoms with Gasteiger partial charge >= 0.3 is 0 Å². The zero-order valence-corrected chi connectivity index (χ0v) is 12.2. The van der Waals surface area contributed by atoms with Gasteiger partial charge in [-0.05, 0) is 39.5 Å². The second-order valence-electron chi connectivity index (χ2n) is 6.11. The Bertz CT molecular complexity index is 608. The zero-order valence-electron chi connectivity index (χ0n) is 12.2. The van der Waals surface area contributed by atoms with Crippen LogP contribution < -0.4 is 4.90 Å². The van der Waals surface area contributed by atoms with E-state index in [2.05, 4.69) is 20.1 Å². The third kappa shape index (κ3) is 2.24. The molecule has 108 valence electrons. The molecule has 0 aromatic carbocycles. The maximum atomic E-state index is 10.1. The van der Waals surface area contributed by atoms with Gasteiger partial charge in [-0.25, -0.2) is 4.98 Å². The molecule has 0 saturated carbocycles. The van der Waals surface area contributed by atoms with E-state index in [1.54, 1.807) is 6.20 Å². The summed E-state index contributed by atoms with van der Waals surface area (Å²) in [7, 11) is 0. The van der Waals surface area contributed by atoms with E-state index in [0.717, 1.165) is 43.2 Å². The molecule has 6 heteroatoms. The summed E-state index contributed by atoms with van der Waals surface area (Å²) in [6, 6.07) is 0. The van der Waals surface area contributed by atoms with Crippen LogP contribution in [0.3, 0.4) is 0 Å². The van der Waals surface area contributed by atoms with Gasteiger partial charge in [-0.15, -0.1) is 10.2 Å². The number of hydrogen-bond acceptors (Lipinski definition) is 5. The molecule has 0 atom stereocenters. The van der Waals surface area contributed by atoms with E-state index >= 15 is 0 Å². The lowest BCUT2D eigenvalue weighted by molar-refractivity contribution is 0.00647. The Labute approximate surface area is 118 Å². The SMILES string of the molecule is Cc1nnc2c(N3CCC(C(C)(C)O)CC3)nccn12. The molecule has 0 radical (unpaired) electrons. The van der Waals surface area contributed by atoms with Crippen molar-refractivity contribution in [2.45, 2.75) is 39.2 Å². The Kier molecular flexibility index (Phi) is 3.12. The Morgan fingerprint density at radius 1 is 1.25 bits per heavy atom. The normalized spacial score (nSPS) is 17.9. The highest BCUT2D eigenvalue weighted by Crippen LogP contribution is 2.30. The molecule has 1 fully saturated rings. The van der Waals surface area contributed by atoms with Crippen molar-refractivity contribution in [3.05, 3.63) is 18.2 Å². The number of aryl methyl sites for hydroxylation is 1. The Morgan fingerprint density at radius 3 is 2.60 bits per heavy atom. The van der Waals surface area contributed by atoms with Crippen LogP contribution in [0.5, 0.6) is 0 Å². The van der Waals surface area contributed by atoms with Crippen molar-refractivity contribution in [2.24, 2.45) is 5.92 Å². The van der Waals surface area contributed by atoms with E-state index in [9.17, 15) is 5.11 Å². The van der Waals surface area contributed by atoms with Crippen LogP contribution in [0.1, 0.15) is 32.5 Å². The first-order chi connectivity index (χ1) is 9.47. The first-order valence-electron chi connectivity index (χ1n) is 7.10. The molecule has 0 bridgehead atoms. The van der Waals surface area contributed by atoms with Crippen molar-refractivity contribution >= 4 is 11.5 Å². The number of nitrogens with zero attached hydrogens (tertiary/aromatic N) is 5. The summed E-state index contributed by atoms with van der Waals surface area (Å²) in [6.45, 7) is 7.52. The molecule has 2 aromatic heterocycles. The fraction of sp³-hybridized carbons (Fsp3) is 0.643. The number of aliphatic hydroxyl groups is 1. The summed E-state index contributed by atoms with van der Waals surface area (Å²) in [5, 5.41) is 18.4. The quantitative estimate of drug-likeness (QED) is 0.898. The second kappa shape index (κ2) is 4.70. The van der Waals surface area contributed by atoms with Crippen LogP contribution in [0.4, 0.5) is 5.82 Å². The second-order valence-corrected chi connectivity index (χ2v) is 6.11. The number of aromatic nitrogens is 4. The van der Waals surface area contributed by atoms with Crippen LogP contribution in [0.15, 0.2) is 12.4 Å². The largest absolute Gasteiger partial charge is 0.390 e. The van der Waals surface area contributed by atoms with E-state index in [0.29, 0.717) is 5.92 Å². The molecular weight excluding hydrogens is 254 g/mol. The zero-order chi connectivity index (χ0) is 14.3. The number of hydrogen-bond donors (Lipinski definition) is 1.